The zero-order valence-electron chi connectivity index (χ0n) is 26.0. The van der Waals surface area contributed by atoms with Crippen molar-refractivity contribution in [3.8, 4) is 0 Å². The lowest BCUT2D eigenvalue weighted by Crippen LogP contribution is -2.52. The maximum Gasteiger partial charge on any atom is 0.413 e. The van der Waals surface area contributed by atoms with E-state index in [1.807, 2.05) is 20.8 Å². The topological polar surface area (TPSA) is 159 Å². The molecule has 1 rings (SSSR count). The standard InChI is InChI=1S/C12H21NO5.C9H17NO5.C5H12O/c1-11(2,3)18-10(15)13-8(9(14)16-6)7-17-12(13,4)5;1-9(2,3)15-8(13)10-6(5-11)7(12)14-4;1-5(2,3)6-4/h8H,7H2,1-6H3;6,11H,5H2,1-4H3,(H,10,13);1-4H3/t8-;6-;/m00./s1. The van der Waals surface area contributed by atoms with Gasteiger partial charge in [-0.25, -0.2) is 19.2 Å². The molecule has 0 aromatic heterocycles. The quantitative estimate of drug-likeness (QED) is 0.380. The van der Waals surface area contributed by atoms with Crippen molar-refractivity contribution in [2.75, 3.05) is 34.5 Å². The first-order chi connectivity index (χ1) is 17.4. The average Bonchev–Trinajstić information content (AvgIpc) is 3.09. The van der Waals surface area contributed by atoms with Crippen LogP contribution in [0.1, 0.15) is 76.2 Å². The zero-order valence-corrected chi connectivity index (χ0v) is 26.0. The van der Waals surface area contributed by atoms with Gasteiger partial charge in [-0.2, -0.15) is 0 Å². The maximum absolute atomic E-state index is 12.1. The second-order valence-electron chi connectivity index (χ2n) is 11.9. The zero-order chi connectivity index (χ0) is 31.4. The van der Waals surface area contributed by atoms with Crippen molar-refractivity contribution in [3.63, 3.8) is 0 Å². The van der Waals surface area contributed by atoms with Gasteiger partial charge in [0.2, 0.25) is 0 Å². The van der Waals surface area contributed by atoms with Gasteiger partial charge < -0.3 is 38.8 Å². The molecular formula is C26H50N2O11. The first kappa shape index (κ1) is 38.5. The molecule has 2 atom stereocenters. The third-order valence-corrected chi connectivity index (χ3v) is 4.52. The number of ether oxygens (including phenoxy) is 6. The first-order valence-electron chi connectivity index (χ1n) is 12.4. The van der Waals surface area contributed by atoms with Gasteiger partial charge >= 0.3 is 24.1 Å². The Labute approximate surface area is 232 Å². The van der Waals surface area contributed by atoms with Crippen LogP contribution in [0.25, 0.3) is 0 Å². The van der Waals surface area contributed by atoms with E-state index in [4.69, 9.17) is 24.1 Å². The van der Waals surface area contributed by atoms with Crippen LogP contribution >= 0.6 is 0 Å². The Morgan fingerprint density at radius 3 is 1.69 bits per heavy atom. The van der Waals surface area contributed by atoms with Gasteiger partial charge in [0.1, 0.15) is 16.9 Å². The van der Waals surface area contributed by atoms with Gasteiger partial charge in [0.15, 0.2) is 12.1 Å². The van der Waals surface area contributed by atoms with Crippen molar-refractivity contribution in [2.45, 2.75) is 111 Å². The number of nitrogens with one attached hydrogen (secondary N) is 1. The number of carbonyl (C=O) groups excluding carboxylic acids is 4. The highest BCUT2D eigenvalue weighted by Gasteiger charge is 2.49. The fourth-order valence-electron chi connectivity index (χ4n) is 2.54. The molecule has 0 spiro atoms. The van der Waals surface area contributed by atoms with E-state index in [1.165, 1.54) is 19.1 Å². The summed E-state index contributed by atoms with van der Waals surface area (Å²) in [6, 6.07) is -1.86. The van der Waals surface area contributed by atoms with E-state index in [0.29, 0.717) is 0 Å². The van der Waals surface area contributed by atoms with Crippen LogP contribution in [0.4, 0.5) is 9.59 Å². The smallest absolute Gasteiger partial charge is 0.413 e. The molecule has 0 radical (unpaired) electrons. The largest absolute Gasteiger partial charge is 0.467 e. The number of aliphatic hydroxyl groups excluding tert-OH is 1. The summed E-state index contributed by atoms with van der Waals surface area (Å²) in [7, 11) is 4.16. The molecule has 0 aromatic carbocycles. The number of esters is 2. The van der Waals surface area contributed by atoms with Crippen molar-refractivity contribution in [1.29, 1.82) is 0 Å². The van der Waals surface area contributed by atoms with E-state index in [-0.39, 0.29) is 12.2 Å². The Morgan fingerprint density at radius 1 is 0.897 bits per heavy atom. The normalized spacial score (nSPS) is 17.3. The molecule has 1 saturated heterocycles. The molecule has 0 aliphatic carbocycles. The van der Waals surface area contributed by atoms with E-state index in [9.17, 15) is 19.2 Å². The van der Waals surface area contributed by atoms with Crippen molar-refractivity contribution in [3.05, 3.63) is 0 Å². The number of rotatable bonds is 4. The molecule has 13 heteroatoms. The number of hydrogen-bond donors (Lipinski definition) is 2. The lowest BCUT2D eigenvalue weighted by molar-refractivity contribution is -0.146. The molecule has 1 fully saturated rings. The number of nitrogens with zero attached hydrogens (tertiary/aromatic N) is 1. The molecule has 1 aliphatic rings. The molecule has 1 heterocycles. The van der Waals surface area contributed by atoms with E-state index < -0.39 is 59.7 Å². The van der Waals surface area contributed by atoms with E-state index >= 15 is 0 Å². The average molecular weight is 567 g/mol. The number of carbonyl (C=O) groups is 4. The fraction of sp³-hybridized carbons (Fsp3) is 0.846. The molecule has 13 nitrogen and oxygen atoms in total. The summed E-state index contributed by atoms with van der Waals surface area (Å²) in [5, 5.41) is 11.0. The van der Waals surface area contributed by atoms with Crippen LogP contribution in [0.3, 0.4) is 0 Å². The Morgan fingerprint density at radius 2 is 1.36 bits per heavy atom. The number of amides is 2. The number of methoxy groups -OCH3 is 3. The number of alkyl carbamates (subject to hydrolysis) is 1. The Bertz CT molecular complexity index is 793. The molecule has 0 bridgehead atoms. The molecule has 0 aromatic rings. The van der Waals surface area contributed by atoms with Crippen LogP contribution < -0.4 is 5.32 Å². The summed E-state index contributed by atoms with van der Waals surface area (Å²) in [6.07, 6.45) is -1.35. The predicted octanol–water partition coefficient (Wildman–Crippen LogP) is 3.01. The highest BCUT2D eigenvalue weighted by molar-refractivity contribution is 5.83. The molecule has 230 valence electrons. The van der Waals surface area contributed by atoms with E-state index in [1.54, 1.807) is 62.5 Å². The summed E-state index contributed by atoms with van der Waals surface area (Å²) < 4.78 is 29.6. The number of hydrogen-bond acceptors (Lipinski definition) is 11. The summed E-state index contributed by atoms with van der Waals surface area (Å²) >= 11 is 0. The summed E-state index contributed by atoms with van der Waals surface area (Å²) in [4.78, 5) is 47.2. The molecule has 2 amide bonds. The third-order valence-electron chi connectivity index (χ3n) is 4.52. The van der Waals surface area contributed by atoms with Gasteiger partial charge in [-0.1, -0.05) is 0 Å². The summed E-state index contributed by atoms with van der Waals surface area (Å²) in [6.45, 7) is 19.4. The van der Waals surface area contributed by atoms with Crippen LogP contribution in [0.2, 0.25) is 0 Å². The minimum Gasteiger partial charge on any atom is -0.467 e. The maximum atomic E-state index is 12.1. The van der Waals surface area contributed by atoms with Crippen LogP contribution in [0.15, 0.2) is 0 Å². The van der Waals surface area contributed by atoms with Crippen LogP contribution in [0.5, 0.6) is 0 Å². The minimum absolute atomic E-state index is 0.0417. The van der Waals surface area contributed by atoms with E-state index in [0.717, 1.165) is 0 Å². The lowest BCUT2D eigenvalue weighted by Gasteiger charge is -2.34. The van der Waals surface area contributed by atoms with Gasteiger partial charge in [-0.15, -0.1) is 0 Å². The summed E-state index contributed by atoms with van der Waals surface area (Å²) in [5.41, 5.74) is -2.13. The molecular weight excluding hydrogens is 516 g/mol. The minimum atomic E-state index is -1.09. The highest BCUT2D eigenvalue weighted by Crippen LogP contribution is 2.29. The SMILES string of the molecule is COC(=O)[C@@H]1COC(C)(C)N1C(=O)OC(C)(C)C.COC(=O)[C@H](CO)NC(=O)OC(C)(C)C.COC(C)(C)C. The van der Waals surface area contributed by atoms with Crippen molar-refractivity contribution in [1.82, 2.24) is 10.2 Å². The van der Waals surface area contributed by atoms with Crippen LogP contribution in [-0.4, -0.2) is 103 Å². The molecule has 0 saturated carbocycles. The molecule has 2 N–H and O–H groups in total. The Kier molecular flexibility index (Phi) is 15.6. The molecule has 39 heavy (non-hydrogen) atoms. The highest BCUT2D eigenvalue weighted by atomic mass is 16.6. The first-order valence-corrected chi connectivity index (χ1v) is 12.4. The predicted molar refractivity (Wildman–Crippen MR) is 143 cm³/mol. The van der Waals surface area contributed by atoms with E-state index in [2.05, 4.69) is 14.8 Å². The van der Waals surface area contributed by atoms with Gasteiger partial charge in [0.05, 0.1) is 33.0 Å². The van der Waals surface area contributed by atoms with Gasteiger partial charge in [0.25, 0.3) is 0 Å². The summed E-state index contributed by atoms with van der Waals surface area (Å²) in [5.74, 6) is -1.23. The third kappa shape index (κ3) is 16.8. The fourth-order valence-corrected chi connectivity index (χ4v) is 2.54. The number of aliphatic hydroxyl groups is 1. The second kappa shape index (κ2) is 15.8. The van der Waals surface area contributed by atoms with Gasteiger partial charge in [0, 0.05) is 7.11 Å². The van der Waals surface area contributed by atoms with Crippen LogP contribution in [-0.2, 0) is 38.0 Å². The molecule has 1 aliphatic heterocycles. The monoisotopic (exact) mass is 566 g/mol. The van der Waals surface area contributed by atoms with Gasteiger partial charge in [-0.05, 0) is 76.2 Å². The lowest BCUT2D eigenvalue weighted by atomic mass is 10.2. The van der Waals surface area contributed by atoms with Crippen molar-refractivity contribution >= 4 is 24.1 Å². The van der Waals surface area contributed by atoms with Crippen molar-refractivity contribution in [2.24, 2.45) is 0 Å². The Balaban J connectivity index is 0. The Hall–Kier alpha value is -2.64. The van der Waals surface area contributed by atoms with Crippen molar-refractivity contribution < 1.29 is 52.7 Å². The second-order valence-corrected chi connectivity index (χ2v) is 11.9. The molecule has 0 unspecified atom stereocenters. The van der Waals surface area contributed by atoms with Crippen LogP contribution in [0, 0.1) is 0 Å². The van der Waals surface area contributed by atoms with Gasteiger partial charge in [-0.3, -0.25) is 4.90 Å².